The molecule has 0 aliphatic carbocycles. The zero-order valence-corrected chi connectivity index (χ0v) is 16.4. The molecule has 2 aromatic carbocycles. The van der Waals surface area contributed by atoms with Crippen LogP contribution in [0, 0.1) is 30.9 Å². The first-order valence-electron chi connectivity index (χ1n) is 7.83. The van der Waals surface area contributed by atoms with Gasteiger partial charge in [0.1, 0.15) is 0 Å². The van der Waals surface area contributed by atoms with Gasteiger partial charge in [-0.05, 0) is 38.0 Å². The normalized spacial score (nSPS) is 11.3. The van der Waals surface area contributed by atoms with Crippen LogP contribution >= 0.6 is 11.6 Å². The summed E-state index contributed by atoms with van der Waals surface area (Å²) in [5.41, 5.74) is 2.03. The summed E-state index contributed by atoms with van der Waals surface area (Å²) in [4.78, 5) is 22.1. The molecule has 0 aliphatic heterocycles. The number of rotatable bonds is 6. The third kappa shape index (κ3) is 4.82. The molecule has 8 nitrogen and oxygen atoms in total. The summed E-state index contributed by atoms with van der Waals surface area (Å²) in [5.74, 6) is -0.566. The molecular weight excluding hydrogens is 394 g/mol. The Bertz CT molecular complexity index is 1000. The number of hydrogen-bond acceptors (Lipinski definition) is 5. The van der Waals surface area contributed by atoms with E-state index in [4.69, 9.17) is 11.6 Å². The Labute approximate surface area is 161 Å². The van der Waals surface area contributed by atoms with Crippen molar-refractivity contribution in [2.45, 2.75) is 25.7 Å². The van der Waals surface area contributed by atoms with Gasteiger partial charge in [-0.15, -0.1) is 0 Å². The standard InChI is InChI=1S/C17H18ClN3O5S/c1-10-5-4-6-11(2)17(10)20-16(22)9-19-27(25,26)13-7-14(18)12(3)15(8-13)21(23)24/h4-8,19H,9H2,1-3H3,(H,20,22). The molecule has 0 fully saturated rings. The average molecular weight is 412 g/mol. The first-order chi connectivity index (χ1) is 12.5. The Balaban J connectivity index is 2.18. The molecule has 2 N–H and O–H groups in total. The molecule has 0 spiro atoms. The molecule has 0 heterocycles. The van der Waals surface area contributed by atoms with Crippen LogP contribution < -0.4 is 10.0 Å². The number of aryl methyl sites for hydroxylation is 2. The molecule has 2 aromatic rings. The van der Waals surface area contributed by atoms with E-state index in [-0.39, 0.29) is 15.5 Å². The van der Waals surface area contributed by atoms with Gasteiger partial charge in [0.25, 0.3) is 5.69 Å². The van der Waals surface area contributed by atoms with E-state index in [0.29, 0.717) is 5.69 Å². The SMILES string of the molecule is Cc1cccc(C)c1NC(=O)CNS(=O)(=O)c1cc(Cl)c(C)c([N+](=O)[O-])c1. The predicted molar refractivity (Wildman–Crippen MR) is 103 cm³/mol. The monoisotopic (exact) mass is 411 g/mol. The van der Waals surface area contributed by atoms with Gasteiger partial charge in [0.2, 0.25) is 15.9 Å². The zero-order valence-electron chi connectivity index (χ0n) is 14.9. The first-order valence-corrected chi connectivity index (χ1v) is 9.69. The Kier molecular flexibility index (Phi) is 6.19. The lowest BCUT2D eigenvalue weighted by Crippen LogP contribution is -2.33. The maximum atomic E-state index is 12.4. The summed E-state index contributed by atoms with van der Waals surface area (Å²) in [6.07, 6.45) is 0. The van der Waals surface area contributed by atoms with Crippen LogP contribution in [0.1, 0.15) is 16.7 Å². The highest BCUT2D eigenvalue weighted by molar-refractivity contribution is 7.89. The van der Waals surface area contributed by atoms with Crippen molar-refractivity contribution in [3.05, 3.63) is 62.2 Å². The van der Waals surface area contributed by atoms with Crippen molar-refractivity contribution in [3.63, 3.8) is 0 Å². The first kappa shape index (κ1) is 20.8. The van der Waals surface area contributed by atoms with Crippen molar-refractivity contribution in [1.29, 1.82) is 0 Å². The maximum absolute atomic E-state index is 12.4. The number of carbonyl (C=O) groups is 1. The number of carbonyl (C=O) groups excluding carboxylic acids is 1. The second-order valence-electron chi connectivity index (χ2n) is 5.95. The van der Waals surface area contributed by atoms with Gasteiger partial charge in [0.15, 0.2) is 0 Å². The van der Waals surface area contributed by atoms with Gasteiger partial charge in [0.05, 0.1) is 21.4 Å². The van der Waals surface area contributed by atoms with Crippen molar-refractivity contribution in [2.75, 3.05) is 11.9 Å². The molecule has 0 aliphatic rings. The fourth-order valence-electron chi connectivity index (χ4n) is 2.42. The minimum absolute atomic E-state index is 0.0513. The summed E-state index contributed by atoms with van der Waals surface area (Å²) < 4.78 is 26.9. The lowest BCUT2D eigenvalue weighted by molar-refractivity contribution is -0.385. The van der Waals surface area contributed by atoms with Gasteiger partial charge >= 0.3 is 0 Å². The van der Waals surface area contributed by atoms with Crippen molar-refractivity contribution < 1.29 is 18.1 Å². The minimum atomic E-state index is -4.16. The number of benzene rings is 2. The molecule has 144 valence electrons. The van der Waals surface area contributed by atoms with E-state index in [9.17, 15) is 23.3 Å². The predicted octanol–water partition coefficient (Wildman–Crippen LogP) is 3.09. The smallest absolute Gasteiger partial charge is 0.275 e. The summed E-state index contributed by atoms with van der Waals surface area (Å²) in [6.45, 7) is 4.53. The highest BCUT2D eigenvalue weighted by Gasteiger charge is 2.23. The summed E-state index contributed by atoms with van der Waals surface area (Å²) >= 11 is 5.90. The molecule has 0 atom stereocenters. The molecular formula is C17H18ClN3O5S. The maximum Gasteiger partial charge on any atom is 0.275 e. The van der Waals surface area contributed by atoms with Gasteiger partial charge in [-0.2, -0.15) is 0 Å². The van der Waals surface area contributed by atoms with E-state index in [1.807, 2.05) is 32.0 Å². The van der Waals surface area contributed by atoms with Crippen molar-refractivity contribution >= 4 is 38.9 Å². The van der Waals surface area contributed by atoms with Crippen molar-refractivity contribution in [2.24, 2.45) is 0 Å². The number of hydrogen-bond donors (Lipinski definition) is 2. The number of para-hydroxylation sites is 1. The Morgan fingerprint density at radius 1 is 1.19 bits per heavy atom. The molecule has 2 rings (SSSR count). The van der Waals surface area contributed by atoms with Crippen LogP contribution in [0.3, 0.4) is 0 Å². The van der Waals surface area contributed by atoms with Gasteiger partial charge < -0.3 is 5.32 Å². The number of nitrogens with zero attached hydrogens (tertiary/aromatic N) is 1. The number of halogens is 1. The van der Waals surface area contributed by atoms with E-state index >= 15 is 0 Å². The number of nitrogens with one attached hydrogen (secondary N) is 2. The van der Waals surface area contributed by atoms with E-state index in [1.165, 1.54) is 6.92 Å². The number of anilines is 1. The third-order valence-corrected chi connectivity index (χ3v) is 5.74. The Hall–Kier alpha value is -2.49. The molecule has 27 heavy (non-hydrogen) atoms. The van der Waals surface area contributed by atoms with Crippen molar-refractivity contribution in [1.82, 2.24) is 4.72 Å². The number of amides is 1. The van der Waals surface area contributed by atoms with E-state index in [2.05, 4.69) is 10.0 Å². The Morgan fingerprint density at radius 3 is 2.33 bits per heavy atom. The topological polar surface area (TPSA) is 118 Å². The van der Waals surface area contributed by atoms with E-state index < -0.39 is 33.1 Å². The van der Waals surface area contributed by atoms with Crippen LogP contribution in [0.2, 0.25) is 5.02 Å². The summed E-state index contributed by atoms with van der Waals surface area (Å²) in [7, 11) is -4.16. The lowest BCUT2D eigenvalue weighted by Gasteiger charge is -2.12. The summed E-state index contributed by atoms with van der Waals surface area (Å²) in [6, 6.07) is 7.50. The van der Waals surface area contributed by atoms with Crippen LogP contribution in [0.15, 0.2) is 35.2 Å². The zero-order chi connectivity index (χ0) is 20.4. The van der Waals surface area contributed by atoms with Gasteiger partial charge in [-0.25, -0.2) is 13.1 Å². The van der Waals surface area contributed by atoms with Crippen LogP contribution in [0.5, 0.6) is 0 Å². The van der Waals surface area contributed by atoms with Gasteiger partial charge in [-0.1, -0.05) is 29.8 Å². The third-order valence-electron chi connectivity index (χ3n) is 3.97. The highest BCUT2D eigenvalue weighted by Crippen LogP contribution is 2.29. The van der Waals surface area contributed by atoms with Gasteiger partial charge in [-0.3, -0.25) is 14.9 Å². The minimum Gasteiger partial charge on any atom is -0.324 e. The lowest BCUT2D eigenvalue weighted by atomic mass is 10.1. The quantitative estimate of drug-likeness (QED) is 0.559. The second-order valence-corrected chi connectivity index (χ2v) is 8.12. The van der Waals surface area contributed by atoms with Gasteiger partial charge in [0, 0.05) is 17.3 Å². The molecule has 10 heteroatoms. The molecule has 0 saturated heterocycles. The number of nitro benzene ring substituents is 1. The van der Waals surface area contributed by atoms with Crippen LogP contribution in [0.4, 0.5) is 11.4 Å². The number of sulfonamides is 1. The van der Waals surface area contributed by atoms with E-state index in [0.717, 1.165) is 23.3 Å². The molecule has 0 radical (unpaired) electrons. The molecule has 0 aromatic heterocycles. The summed E-state index contributed by atoms with van der Waals surface area (Å²) in [5, 5.41) is 13.7. The fourth-order valence-corrected chi connectivity index (χ4v) is 3.73. The number of nitro groups is 1. The average Bonchev–Trinajstić information content (AvgIpc) is 2.58. The molecule has 0 saturated carbocycles. The second kappa shape index (κ2) is 8.03. The largest absolute Gasteiger partial charge is 0.324 e. The molecule has 0 unspecified atom stereocenters. The van der Waals surface area contributed by atoms with Crippen molar-refractivity contribution in [3.8, 4) is 0 Å². The molecule has 1 amide bonds. The molecule has 0 bridgehead atoms. The Morgan fingerprint density at radius 2 is 1.78 bits per heavy atom. The van der Waals surface area contributed by atoms with Crippen LogP contribution in [-0.4, -0.2) is 25.8 Å². The fraction of sp³-hybridized carbons (Fsp3) is 0.235. The highest BCUT2D eigenvalue weighted by atomic mass is 35.5. The van der Waals surface area contributed by atoms with E-state index in [1.54, 1.807) is 0 Å². The van der Waals surface area contributed by atoms with Crippen LogP contribution in [-0.2, 0) is 14.8 Å². The van der Waals surface area contributed by atoms with Crippen LogP contribution in [0.25, 0.3) is 0 Å².